The molecule has 1 atom stereocenters. The lowest BCUT2D eigenvalue weighted by atomic mass is 9.94. The van der Waals surface area contributed by atoms with E-state index in [4.69, 9.17) is 9.47 Å². The highest BCUT2D eigenvalue weighted by molar-refractivity contribution is 5.70. The number of hydrogen-bond acceptors (Lipinski definition) is 5. The number of imidazole rings is 1. The van der Waals surface area contributed by atoms with E-state index in [2.05, 4.69) is 15.0 Å². The molecule has 3 rings (SSSR count). The number of carbonyl (C=O) groups is 1. The van der Waals surface area contributed by atoms with Gasteiger partial charge in [-0.15, -0.1) is 0 Å². The highest BCUT2D eigenvalue weighted by atomic mass is 16.6. The van der Waals surface area contributed by atoms with Crippen LogP contribution < -0.4 is 4.74 Å². The summed E-state index contributed by atoms with van der Waals surface area (Å²) < 4.78 is 11.2. The zero-order valence-electron chi connectivity index (χ0n) is 15.8. The maximum Gasteiger partial charge on any atom is 0.410 e. The fourth-order valence-corrected chi connectivity index (χ4v) is 3.23. The molecule has 1 aliphatic heterocycles. The molecule has 142 valence electrons. The third-order valence-electron chi connectivity index (χ3n) is 4.40. The standard InChI is InChI=1S/C19H28N4O3/c1-19(2,3)26-18(24)23-11-5-7-14(13-23)8-6-12-25-17-21-15-9-4-10-20-16(15)22-17/h4,9-10,14H,5-8,11-13H2,1-3H3,(H,20,21,22)/t14-/m1/s1. The largest absolute Gasteiger partial charge is 0.465 e. The third kappa shape index (κ3) is 5.09. The van der Waals surface area contributed by atoms with Gasteiger partial charge in [-0.25, -0.2) is 9.78 Å². The number of amides is 1. The SMILES string of the molecule is CC(C)(C)OC(=O)N1CCC[C@H](CCCOc2nc3ncccc3[nH]2)C1. The van der Waals surface area contributed by atoms with Crippen LogP contribution in [0.1, 0.15) is 46.5 Å². The molecule has 0 spiro atoms. The molecule has 1 N–H and O–H groups in total. The molecule has 0 saturated carbocycles. The number of rotatable bonds is 5. The van der Waals surface area contributed by atoms with Crippen molar-refractivity contribution in [2.75, 3.05) is 19.7 Å². The van der Waals surface area contributed by atoms with Crippen molar-refractivity contribution in [3.05, 3.63) is 18.3 Å². The van der Waals surface area contributed by atoms with Gasteiger partial charge in [0.2, 0.25) is 0 Å². The van der Waals surface area contributed by atoms with Crippen molar-refractivity contribution >= 4 is 17.3 Å². The van der Waals surface area contributed by atoms with E-state index in [9.17, 15) is 4.79 Å². The van der Waals surface area contributed by atoms with Gasteiger partial charge < -0.3 is 19.4 Å². The first-order valence-corrected chi connectivity index (χ1v) is 9.32. The Morgan fingerprint density at radius 2 is 2.27 bits per heavy atom. The number of likely N-dealkylation sites (tertiary alicyclic amines) is 1. The minimum atomic E-state index is -0.445. The van der Waals surface area contributed by atoms with Gasteiger partial charge in [0, 0.05) is 19.3 Å². The van der Waals surface area contributed by atoms with Gasteiger partial charge in [-0.05, 0) is 64.5 Å². The van der Waals surface area contributed by atoms with Crippen LogP contribution in [0.2, 0.25) is 0 Å². The molecule has 7 nitrogen and oxygen atoms in total. The van der Waals surface area contributed by atoms with Crippen molar-refractivity contribution < 1.29 is 14.3 Å². The van der Waals surface area contributed by atoms with Crippen LogP contribution in [-0.4, -0.2) is 51.2 Å². The molecule has 1 aliphatic rings. The lowest BCUT2D eigenvalue weighted by Gasteiger charge is -2.34. The number of ether oxygens (including phenoxy) is 2. The minimum Gasteiger partial charge on any atom is -0.465 e. The molecule has 0 unspecified atom stereocenters. The van der Waals surface area contributed by atoms with E-state index in [0.717, 1.165) is 44.3 Å². The Morgan fingerprint density at radius 3 is 3.04 bits per heavy atom. The molecule has 3 heterocycles. The summed E-state index contributed by atoms with van der Waals surface area (Å²) in [5.41, 5.74) is 1.10. The summed E-state index contributed by atoms with van der Waals surface area (Å²) >= 11 is 0. The Bertz CT molecular complexity index is 705. The minimum absolute atomic E-state index is 0.201. The quantitative estimate of drug-likeness (QED) is 0.821. The summed E-state index contributed by atoms with van der Waals surface area (Å²) in [5, 5.41) is 0. The van der Waals surface area contributed by atoms with E-state index in [0.29, 0.717) is 24.2 Å². The number of nitrogens with one attached hydrogen (secondary N) is 1. The van der Waals surface area contributed by atoms with Gasteiger partial charge in [0.1, 0.15) is 5.60 Å². The molecular weight excluding hydrogens is 332 g/mol. The second kappa shape index (κ2) is 7.93. The van der Waals surface area contributed by atoms with Crippen LogP contribution in [0.3, 0.4) is 0 Å². The number of hydrogen-bond donors (Lipinski definition) is 1. The normalized spacial score (nSPS) is 18.1. The van der Waals surface area contributed by atoms with Crippen molar-refractivity contribution in [1.82, 2.24) is 19.9 Å². The van der Waals surface area contributed by atoms with Gasteiger partial charge in [-0.3, -0.25) is 0 Å². The Morgan fingerprint density at radius 1 is 1.42 bits per heavy atom. The highest BCUT2D eigenvalue weighted by Gasteiger charge is 2.27. The Kier molecular flexibility index (Phi) is 5.64. The van der Waals surface area contributed by atoms with E-state index in [1.54, 1.807) is 6.20 Å². The monoisotopic (exact) mass is 360 g/mol. The molecule has 0 aliphatic carbocycles. The number of H-pyrrole nitrogens is 1. The van der Waals surface area contributed by atoms with Crippen LogP contribution in [0.4, 0.5) is 4.79 Å². The Hall–Kier alpha value is -2.31. The van der Waals surface area contributed by atoms with Gasteiger partial charge in [0.05, 0.1) is 12.1 Å². The van der Waals surface area contributed by atoms with E-state index in [1.165, 1.54) is 0 Å². The number of nitrogens with zero attached hydrogens (tertiary/aromatic N) is 3. The summed E-state index contributed by atoms with van der Waals surface area (Å²) in [6, 6.07) is 4.30. The molecule has 2 aromatic rings. The summed E-state index contributed by atoms with van der Waals surface area (Å²) in [7, 11) is 0. The van der Waals surface area contributed by atoms with E-state index in [1.807, 2.05) is 37.8 Å². The van der Waals surface area contributed by atoms with Crippen molar-refractivity contribution in [3.8, 4) is 6.01 Å². The second-order valence-electron chi connectivity index (χ2n) is 7.84. The van der Waals surface area contributed by atoms with Crippen LogP contribution in [0.5, 0.6) is 6.01 Å². The van der Waals surface area contributed by atoms with Crippen LogP contribution in [0.25, 0.3) is 11.2 Å². The van der Waals surface area contributed by atoms with Gasteiger partial charge in [0.25, 0.3) is 6.01 Å². The third-order valence-corrected chi connectivity index (χ3v) is 4.40. The summed E-state index contributed by atoms with van der Waals surface area (Å²) in [6.45, 7) is 7.85. The average Bonchev–Trinajstić information content (AvgIpc) is 3.00. The molecule has 1 saturated heterocycles. The summed E-state index contributed by atoms with van der Waals surface area (Å²) in [6.07, 6.45) is 5.64. The lowest BCUT2D eigenvalue weighted by molar-refractivity contribution is 0.0159. The zero-order chi connectivity index (χ0) is 18.6. The van der Waals surface area contributed by atoms with Gasteiger partial charge in [-0.1, -0.05) is 0 Å². The molecule has 0 aromatic carbocycles. The maximum atomic E-state index is 12.2. The van der Waals surface area contributed by atoms with Crippen molar-refractivity contribution in [2.24, 2.45) is 5.92 Å². The first kappa shape index (κ1) is 18.5. The fraction of sp³-hybridized carbons (Fsp3) is 0.632. The first-order chi connectivity index (χ1) is 12.4. The predicted octanol–water partition coefficient (Wildman–Crippen LogP) is 3.76. The molecule has 1 amide bonds. The molecule has 1 fully saturated rings. The van der Waals surface area contributed by atoms with Crippen molar-refractivity contribution in [3.63, 3.8) is 0 Å². The average molecular weight is 360 g/mol. The molecule has 0 radical (unpaired) electrons. The smallest absolute Gasteiger partial charge is 0.410 e. The summed E-state index contributed by atoms with van der Waals surface area (Å²) in [4.78, 5) is 25.7. The van der Waals surface area contributed by atoms with Crippen LogP contribution >= 0.6 is 0 Å². The van der Waals surface area contributed by atoms with Gasteiger partial charge >= 0.3 is 6.09 Å². The van der Waals surface area contributed by atoms with Crippen LogP contribution in [0.15, 0.2) is 18.3 Å². The first-order valence-electron chi connectivity index (χ1n) is 9.32. The lowest BCUT2D eigenvalue weighted by Crippen LogP contribution is -2.42. The Labute approximate surface area is 154 Å². The zero-order valence-corrected chi connectivity index (χ0v) is 15.8. The van der Waals surface area contributed by atoms with Crippen LogP contribution in [-0.2, 0) is 4.74 Å². The van der Waals surface area contributed by atoms with E-state index >= 15 is 0 Å². The fourth-order valence-electron chi connectivity index (χ4n) is 3.23. The van der Waals surface area contributed by atoms with E-state index in [-0.39, 0.29) is 6.09 Å². The van der Waals surface area contributed by atoms with Crippen molar-refractivity contribution in [1.29, 1.82) is 0 Å². The molecule has 2 aromatic heterocycles. The van der Waals surface area contributed by atoms with Crippen LogP contribution in [0, 0.1) is 5.92 Å². The van der Waals surface area contributed by atoms with Gasteiger partial charge in [-0.2, -0.15) is 4.98 Å². The van der Waals surface area contributed by atoms with E-state index < -0.39 is 5.60 Å². The maximum absolute atomic E-state index is 12.2. The summed E-state index contributed by atoms with van der Waals surface area (Å²) in [5.74, 6) is 0.497. The number of fused-ring (bicyclic) bond motifs is 1. The molecule has 0 bridgehead atoms. The molecule has 26 heavy (non-hydrogen) atoms. The van der Waals surface area contributed by atoms with Gasteiger partial charge in [0.15, 0.2) is 5.65 Å². The van der Waals surface area contributed by atoms with Crippen molar-refractivity contribution in [2.45, 2.75) is 52.1 Å². The number of aromatic nitrogens is 3. The highest BCUT2D eigenvalue weighted by Crippen LogP contribution is 2.23. The predicted molar refractivity (Wildman–Crippen MR) is 99.1 cm³/mol. The number of carbonyl (C=O) groups excluding carboxylic acids is 1. The number of piperidine rings is 1. The molecule has 7 heteroatoms. The Balaban J connectivity index is 1.41. The number of aromatic amines is 1. The second-order valence-corrected chi connectivity index (χ2v) is 7.84. The molecular formula is C19H28N4O3. The topological polar surface area (TPSA) is 80.3 Å². The number of pyridine rings is 1.